The van der Waals surface area contributed by atoms with Crippen LogP contribution in [0.2, 0.25) is 0 Å². The van der Waals surface area contributed by atoms with Gasteiger partial charge >= 0.3 is 6.18 Å². The van der Waals surface area contributed by atoms with Crippen molar-refractivity contribution in [3.05, 3.63) is 60.6 Å². The summed E-state index contributed by atoms with van der Waals surface area (Å²) in [4.78, 5) is 16.8. The van der Waals surface area contributed by atoms with Crippen molar-refractivity contribution in [2.45, 2.75) is 50.7 Å². The second-order valence-corrected chi connectivity index (χ2v) is 8.50. The van der Waals surface area contributed by atoms with E-state index < -0.39 is 11.7 Å². The highest BCUT2D eigenvalue weighted by Crippen LogP contribution is 2.33. The van der Waals surface area contributed by atoms with E-state index in [0.717, 1.165) is 47.2 Å². The van der Waals surface area contributed by atoms with Crippen LogP contribution in [0.1, 0.15) is 44.1 Å². The van der Waals surface area contributed by atoms with Crippen LogP contribution in [0.25, 0.3) is 33.4 Å². The van der Waals surface area contributed by atoms with E-state index in [1.54, 1.807) is 12.4 Å². The van der Waals surface area contributed by atoms with Gasteiger partial charge in [0.2, 0.25) is 5.95 Å². The monoisotopic (exact) mass is 451 g/mol. The van der Waals surface area contributed by atoms with Crippen molar-refractivity contribution in [1.29, 1.82) is 0 Å². The zero-order valence-electron chi connectivity index (χ0n) is 18.0. The summed E-state index contributed by atoms with van der Waals surface area (Å²) in [6.07, 6.45) is 8.15. The average Bonchev–Trinajstić information content (AvgIpc) is 3.07. The van der Waals surface area contributed by atoms with Crippen LogP contribution in [0, 0.1) is 0 Å². The second kappa shape index (κ2) is 8.84. The fourth-order valence-electron chi connectivity index (χ4n) is 4.41. The first kappa shape index (κ1) is 21.4. The van der Waals surface area contributed by atoms with E-state index in [0.29, 0.717) is 23.2 Å². The largest absolute Gasteiger partial charge is 0.416 e. The molecule has 2 N–H and O–H groups in total. The first-order valence-corrected chi connectivity index (χ1v) is 11.2. The van der Waals surface area contributed by atoms with Crippen molar-refractivity contribution in [3.8, 4) is 22.4 Å². The Balaban J connectivity index is 1.44. The van der Waals surface area contributed by atoms with E-state index in [2.05, 4.69) is 20.3 Å². The number of aromatic nitrogens is 4. The highest BCUT2D eigenvalue weighted by atomic mass is 19.4. The van der Waals surface area contributed by atoms with Crippen LogP contribution < -0.4 is 5.32 Å². The molecular formula is C25H24F3N5. The van der Waals surface area contributed by atoms with Crippen LogP contribution in [0.15, 0.2) is 55.0 Å². The fraction of sp³-hybridized carbons (Fsp3) is 0.320. The SMILES string of the molecule is FC(F)(F)c1ccc(-c2cnc3[nH]cc(-c4ccnc(NC5CCCCCC5)n4)c3c2)cc1. The zero-order chi connectivity index (χ0) is 22.8. The lowest BCUT2D eigenvalue weighted by Gasteiger charge is -2.16. The van der Waals surface area contributed by atoms with E-state index in [-0.39, 0.29) is 0 Å². The lowest BCUT2D eigenvalue weighted by molar-refractivity contribution is -0.137. The van der Waals surface area contributed by atoms with Crippen LogP contribution in [0.5, 0.6) is 0 Å². The second-order valence-electron chi connectivity index (χ2n) is 8.50. The Labute approximate surface area is 189 Å². The minimum atomic E-state index is -4.36. The molecule has 1 aliphatic carbocycles. The third-order valence-corrected chi connectivity index (χ3v) is 6.20. The van der Waals surface area contributed by atoms with Crippen molar-refractivity contribution < 1.29 is 13.2 Å². The highest BCUT2D eigenvalue weighted by molar-refractivity contribution is 5.95. The Hall–Kier alpha value is -3.42. The molecule has 4 aromatic rings. The number of hydrogen-bond acceptors (Lipinski definition) is 4. The number of aromatic amines is 1. The van der Waals surface area contributed by atoms with Gasteiger partial charge in [0.1, 0.15) is 5.65 Å². The Kier molecular flexibility index (Phi) is 5.74. The summed E-state index contributed by atoms with van der Waals surface area (Å²) < 4.78 is 38.7. The van der Waals surface area contributed by atoms with Gasteiger partial charge in [-0.2, -0.15) is 13.2 Å². The molecule has 33 heavy (non-hydrogen) atoms. The van der Waals surface area contributed by atoms with E-state index in [9.17, 15) is 13.2 Å². The van der Waals surface area contributed by atoms with Crippen LogP contribution in [0.4, 0.5) is 19.1 Å². The summed E-state index contributed by atoms with van der Waals surface area (Å²) in [6, 6.07) is 9.29. The van der Waals surface area contributed by atoms with Gasteiger partial charge in [-0.15, -0.1) is 0 Å². The van der Waals surface area contributed by atoms with Gasteiger partial charge in [0.15, 0.2) is 0 Å². The Bertz CT molecular complexity index is 1240. The van der Waals surface area contributed by atoms with Gasteiger partial charge in [0, 0.05) is 41.1 Å². The predicted molar refractivity (Wildman–Crippen MR) is 123 cm³/mol. The molecule has 5 rings (SSSR count). The van der Waals surface area contributed by atoms with Crippen molar-refractivity contribution in [2.75, 3.05) is 5.32 Å². The van der Waals surface area contributed by atoms with Crippen molar-refractivity contribution in [1.82, 2.24) is 19.9 Å². The van der Waals surface area contributed by atoms with Gasteiger partial charge in [0.25, 0.3) is 0 Å². The minimum absolute atomic E-state index is 0.388. The third-order valence-electron chi connectivity index (χ3n) is 6.20. The number of pyridine rings is 1. The highest BCUT2D eigenvalue weighted by Gasteiger charge is 2.30. The molecule has 5 nitrogen and oxygen atoms in total. The number of hydrogen-bond donors (Lipinski definition) is 2. The molecule has 0 radical (unpaired) electrons. The first-order valence-electron chi connectivity index (χ1n) is 11.2. The van der Waals surface area contributed by atoms with E-state index in [1.807, 2.05) is 18.3 Å². The molecule has 1 saturated carbocycles. The lowest BCUT2D eigenvalue weighted by atomic mass is 10.0. The molecule has 1 aromatic carbocycles. The molecule has 3 heterocycles. The maximum atomic E-state index is 12.9. The topological polar surface area (TPSA) is 66.5 Å². The van der Waals surface area contributed by atoms with Gasteiger partial charge in [-0.05, 0) is 42.7 Å². The Morgan fingerprint density at radius 1 is 0.909 bits per heavy atom. The van der Waals surface area contributed by atoms with Crippen LogP contribution in [-0.4, -0.2) is 26.0 Å². The number of alkyl halides is 3. The maximum Gasteiger partial charge on any atom is 0.416 e. The molecular weight excluding hydrogens is 427 g/mol. The molecule has 0 aliphatic heterocycles. The van der Waals surface area contributed by atoms with E-state index in [1.165, 1.54) is 37.8 Å². The Morgan fingerprint density at radius 2 is 1.67 bits per heavy atom. The third kappa shape index (κ3) is 4.69. The number of nitrogens with zero attached hydrogens (tertiary/aromatic N) is 3. The molecule has 0 amide bonds. The molecule has 8 heteroatoms. The molecule has 0 unspecified atom stereocenters. The Morgan fingerprint density at radius 3 is 2.39 bits per heavy atom. The van der Waals surface area contributed by atoms with Gasteiger partial charge < -0.3 is 10.3 Å². The summed E-state index contributed by atoms with van der Waals surface area (Å²) in [5.41, 5.74) is 3.07. The number of H-pyrrole nitrogens is 1. The van der Waals surface area contributed by atoms with E-state index >= 15 is 0 Å². The number of anilines is 1. The predicted octanol–water partition coefficient (Wildman–Crippen LogP) is 6.84. The number of benzene rings is 1. The fourth-order valence-corrected chi connectivity index (χ4v) is 4.41. The standard InChI is InChI=1S/C25H24F3N5/c26-25(27,28)18-9-7-16(8-10-18)17-13-20-21(15-31-23(20)30-14-17)22-11-12-29-24(33-22)32-19-5-3-1-2-4-6-19/h7-15,19H,1-6H2,(H,30,31)(H,29,32,33). The summed E-state index contributed by atoms with van der Waals surface area (Å²) in [5, 5.41) is 4.34. The molecule has 0 saturated heterocycles. The average molecular weight is 451 g/mol. The summed E-state index contributed by atoms with van der Waals surface area (Å²) >= 11 is 0. The summed E-state index contributed by atoms with van der Waals surface area (Å²) in [5.74, 6) is 0.612. The van der Waals surface area contributed by atoms with Crippen LogP contribution in [-0.2, 0) is 6.18 Å². The summed E-state index contributed by atoms with van der Waals surface area (Å²) in [7, 11) is 0. The van der Waals surface area contributed by atoms with Crippen LogP contribution >= 0.6 is 0 Å². The summed E-state index contributed by atoms with van der Waals surface area (Å²) in [6.45, 7) is 0. The number of fused-ring (bicyclic) bond motifs is 1. The lowest BCUT2D eigenvalue weighted by Crippen LogP contribution is -2.19. The quantitative estimate of drug-likeness (QED) is 0.333. The molecule has 0 bridgehead atoms. The molecule has 3 aromatic heterocycles. The molecule has 170 valence electrons. The number of nitrogens with one attached hydrogen (secondary N) is 2. The molecule has 1 fully saturated rings. The molecule has 0 spiro atoms. The smallest absolute Gasteiger partial charge is 0.351 e. The van der Waals surface area contributed by atoms with Gasteiger partial charge in [-0.1, -0.05) is 37.8 Å². The van der Waals surface area contributed by atoms with E-state index in [4.69, 9.17) is 4.98 Å². The molecule has 0 atom stereocenters. The van der Waals surface area contributed by atoms with Gasteiger partial charge in [0.05, 0.1) is 11.3 Å². The first-order chi connectivity index (χ1) is 16.0. The van der Waals surface area contributed by atoms with Gasteiger partial charge in [-0.25, -0.2) is 15.0 Å². The van der Waals surface area contributed by atoms with Gasteiger partial charge in [-0.3, -0.25) is 0 Å². The van der Waals surface area contributed by atoms with Crippen molar-refractivity contribution >= 4 is 17.0 Å². The minimum Gasteiger partial charge on any atom is -0.351 e. The molecule has 1 aliphatic rings. The van der Waals surface area contributed by atoms with Crippen LogP contribution in [0.3, 0.4) is 0 Å². The normalized spacial score (nSPS) is 15.5. The number of halogens is 3. The zero-order valence-corrected chi connectivity index (χ0v) is 18.0. The van der Waals surface area contributed by atoms with Crippen molar-refractivity contribution in [3.63, 3.8) is 0 Å². The maximum absolute atomic E-state index is 12.9. The van der Waals surface area contributed by atoms with Crippen molar-refractivity contribution in [2.24, 2.45) is 0 Å². The number of rotatable bonds is 4.